The maximum Gasteiger partial charge on any atom is 0.321 e. The van der Waals surface area contributed by atoms with Gasteiger partial charge in [0.15, 0.2) is 5.82 Å². The van der Waals surface area contributed by atoms with E-state index in [2.05, 4.69) is 44.6 Å². The van der Waals surface area contributed by atoms with E-state index < -0.39 is 0 Å². The number of nitrogens with zero attached hydrogens (tertiary/aromatic N) is 5. The Hall–Kier alpha value is -3.22. The second kappa shape index (κ2) is 7.35. The molecule has 7 nitrogen and oxygen atoms in total. The van der Waals surface area contributed by atoms with E-state index in [4.69, 9.17) is 0 Å². The number of nitrogens with one attached hydrogen (secondary N) is 1. The molecule has 1 aliphatic rings. The van der Waals surface area contributed by atoms with E-state index in [1.807, 2.05) is 17.0 Å². The third-order valence-electron chi connectivity index (χ3n) is 4.60. The lowest BCUT2D eigenvalue weighted by atomic mass is 9.99. The molecule has 0 spiro atoms. The summed E-state index contributed by atoms with van der Waals surface area (Å²) >= 11 is 0. The Balaban J connectivity index is 1.40. The number of rotatable bonds is 4. The van der Waals surface area contributed by atoms with Gasteiger partial charge in [0, 0.05) is 19.3 Å². The zero-order chi connectivity index (χ0) is 17.8. The number of hydrogen-bond acceptors (Lipinski definition) is 4. The van der Waals surface area contributed by atoms with Crippen LogP contribution in [0.5, 0.6) is 0 Å². The molecule has 1 atom stereocenters. The van der Waals surface area contributed by atoms with E-state index in [0.29, 0.717) is 17.4 Å². The van der Waals surface area contributed by atoms with Gasteiger partial charge in [-0.25, -0.2) is 19.4 Å². The second-order valence-electron chi connectivity index (χ2n) is 6.44. The third-order valence-corrected chi connectivity index (χ3v) is 4.60. The van der Waals surface area contributed by atoms with Crippen molar-refractivity contribution in [3.05, 3.63) is 66.9 Å². The first-order valence-electron chi connectivity index (χ1n) is 8.69. The monoisotopic (exact) mass is 348 g/mol. The molecular weight excluding hydrogens is 328 g/mol. The van der Waals surface area contributed by atoms with Gasteiger partial charge >= 0.3 is 6.03 Å². The summed E-state index contributed by atoms with van der Waals surface area (Å²) in [5.41, 5.74) is 1.94. The van der Waals surface area contributed by atoms with Gasteiger partial charge in [-0.15, -0.1) is 0 Å². The minimum atomic E-state index is -0.102. The molecule has 0 radical (unpaired) electrons. The van der Waals surface area contributed by atoms with Gasteiger partial charge in [0.1, 0.15) is 12.7 Å². The fourth-order valence-corrected chi connectivity index (χ4v) is 3.32. The van der Waals surface area contributed by atoms with Crippen LogP contribution < -0.4 is 5.32 Å². The predicted octanol–water partition coefficient (Wildman–Crippen LogP) is 2.76. The fourth-order valence-electron chi connectivity index (χ4n) is 3.32. The maximum atomic E-state index is 12.7. The Kier molecular flexibility index (Phi) is 4.59. The molecule has 2 aromatic heterocycles. The first-order chi connectivity index (χ1) is 12.8. The van der Waals surface area contributed by atoms with Crippen LogP contribution in [-0.4, -0.2) is 43.8 Å². The number of carbonyl (C=O) groups excluding carboxylic acids is 1. The van der Waals surface area contributed by atoms with E-state index in [0.717, 1.165) is 25.9 Å². The largest absolute Gasteiger partial charge is 0.324 e. The molecule has 1 aromatic carbocycles. The molecule has 1 saturated heterocycles. The summed E-state index contributed by atoms with van der Waals surface area (Å²) < 4.78 is 1.54. The van der Waals surface area contributed by atoms with Gasteiger partial charge in [-0.05, 0) is 36.5 Å². The molecular formula is C19H20N6O. The number of amides is 2. The van der Waals surface area contributed by atoms with Crippen LogP contribution in [-0.2, 0) is 6.42 Å². The fraction of sp³-hybridized carbons (Fsp3) is 0.263. The highest BCUT2D eigenvalue weighted by atomic mass is 16.2. The molecule has 1 N–H and O–H groups in total. The summed E-state index contributed by atoms with van der Waals surface area (Å²) in [6, 6.07) is 13.9. The standard InChI is InChI=1S/C19H20N6O/c26-19(23-17-7-4-9-21-18(17)25-14-20-13-22-25)24-10-8-16(12-24)11-15-5-2-1-3-6-15/h1-7,9,13-14,16H,8,10-12H2,(H,23,26)/t16-/m0/s1. The van der Waals surface area contributed by atoms with Gasteiger partial charge in [-0.3, -0.25) is 0 Å². The van der Waals surface area contributed by atoms with E-state index in [-0.39, 0.29) is 6.03 Å². The molecule has 0 unspecified atom stereocenters. The second-order valence-corrected chi connectivity index (χ2v) is 6.44. The minimum absolute atomic E-state index is 0.102. The smallest absolute Gasteiger partial charge is 0.321 e. The van der Waals surface area contributed by atoms with E-state index in [1.54, 1.807) is 18.6 Å². The van der Waals surface area contributed by atoms with Crippen LogP contribution in [0.25, 0.3) is 5.82 Å². The van der Waals surface area contributed by atoms with Crippen molar-refractivity contribution in [2.24, 2.45) is 5.92 Å². The molecule has 7 heteroatoms. The Morgan fingerprint density at radius 1 is 1.19 bits per heavy atom. The Morgan fingerprint density at radius 2 is 2.08 bits per heavy atom. The molecule has 0 bridgehead atoms. The summed E-state index contributed by atoms with van der Waals surface area (Å²) in [4.78, 5) is 22.8. The number of aromatic nitrogens is 4. The minimum Gasteiger partial charge on any atom is -0.324 e. The van der Waals surface area contributed by atoms with Crippen molar-refractivity contribution in [3.63, 3.8) is 0 Å². The van der Waals surface area contributed by atoms with E-state index in [9.17, 15) is 4.79 Å². The van der Waals surface area contributed by atoms with Crippen molar-refractivity contribution in [2.45, 2.75) is 12.8 Å². The number of pyridine rings is 1. The van der Waals surface area contributed by atoms with Crippen molar-refractivity contribution in [2.75, 3.05) is 18.4 Å². The SMILES string of the molecule is O=C(Nc1cccnc1-n1cncn1)N1CC[C@@H](Cc2ccccc2)C1. The number of hydrogen-bond donors (Lipinski definition) is 1. The molecule has 0 aliphatic carbocycles. The summed E-state index contributed by atoms with van der Waals surface area (Å²) in [6.45, 7) is 1.53. The van der Waals surface area contributed by atoms with Crippen LogP contribution in [0.3, 0.4) is 0 Å². The van der Waals surface area contributed by atoms with Crippen molar-refractivity contribution in [1.29, 1.82) is 0 Å². The molecule has 0 saturated carbocycles. The van der Waals surface area contributed by atoms with Gasteiger partial charge in [0.25, 0.3) is 0 Å². The van der Waals surface area contributed by atoms with Gasteiger partial charge in [0.2, 0.25) is 0 Å². The number of anilines is 1. The number of benzene rings is 1. The molecule has 132 valence electrons. The number of carbonyl (C=O) groups is 1. The van der Waals surface area contributed by atoms with E-state index >= 15 is 0 Å². The molecule has 26 heavy (non-hydrogen) atoms. The summed E-state index contributed by atoms with van der Waals surface area (Å²) in [6.07, 6.45) is 6.68. The van der Waals surface area contributed by atoms with Gasteiger partial charge in [-0.2, -0.15) is 5.10 Å². The lowest BCUT2D eigenvalue weighted by Gasteiger charge is -2.18. The zero-order valence-electron chi connectivity index (χ0n) is 14.3. The third kappa shape index (κ3) is 3.56. The molecule has 3 heterocycles. The summed E-state index contributed by atoms with van der Waals surface area (Å²) in [5.74, 6) is 1.05. The summed E-state index contributed by atoms with van der Waals surface area (Å²) in [5, 5.41) is 7.05. The highest BCUT2D eigenvalue weighted by molar-refractivity contribution is 5.91. The molecule has 1 aliphatic heterocycles. The van der Waals surface area contributed by atoms with Gasteiger partial charge in [0.05, 0.1) is 5.69 Å². The highest BCUT2D eigenvalue weighted by Crippen LogP contribution is 2.23. The van der Waals surface area contributed by atoms with Crippen molar-refractivity contribution < 1.29 is 4.79 Å². The van der Waals surface area contributed by atoms with Crippen LogP contribution in [0, 0.1) is 5.92 Å². The normalized spacial score (nSPS) is 16.6. The van der Waals surface area contributed by atoms with Gasteiger partial charge < -0.3 is 10.2 Å². The molecule has 3 aromatic rings. The Labute approximate surface area is 151 Å². The highest BCUT2D eigenvalue weighted by Gasteiger charge is 2.27. The number of urea groups is 1. The average Bonchev–Trinajstić information content (AvgIpc) is 3.35. The Morgan fingerprint density at radius 3 is 2.88 bits per heavy atom. The van der Waals surface area contributed by atoms with Crippen LogP contribution >= 0.6 is 0 Å². The molecule has 2 amide bonds. The van der Waals surface area contributed by atoms with Crippen molar-refractivity contribution in [1.82, 2.24) is 24.6 Å². The van der Waals surface area contributed by atoms with Crippen LogP contribution in [0.4, 0.5) is 10.5 Å². The average molecular weight is 348 g/mol. The van der Waals surface area contributed by atoms with Crippen LogP contribution in [0.2, 0.25) is 0 Å². The lowest BCUT2D eigenvalue weighted by Crippen LogP contribution is -2.33. The number of likely N-dealkylation sites (tertiary alicyclic amines) is 1. The topological polar surface area (TPSA) is 75.9 Å². The molecule has 1 fully saturated rings. The zero-order valence-corrected chi connectivity index (χ0v) is 14.3. The van der Waals surface area contributed by atoms with Crippen molar-refractivity contribution >= 4 is 11.7 Å². The predicted molar refractivity (Wildman–Crippen MR) is 98.0 cm³/mol. The first-order valence-corrected chi connectivity index (χ1v) is 8.69. The van der Waals surface area contributed by atoms with Crippen LogP contribution in [0.1, 0.15) is 12.0 Å². The summed E-state index contributed by atoms with van der Waals surface area (Å²) in [7, 11) is 0. The van der Waals surface area contributed by atoms with Gasteiger partial charge in [-0.1, -0.05) is 30.3 Å². The van der Waals surface area contributed by atoms with E-state index in [1.165, 1.54) is 16.6 Å². The first kappa shape index (κ1) is 16.3. The molecule has 4 rings (SSSR count). The van der Waals surface area contributed by atoms with Crippen LogP contribution in [0.15, 0.2) is 61.3 Å². The quantitative estimate of drug-likeness (QED) is 0.787. The Bertz CT molecular complexity index is 865. The maximum absolute atomic E-state index is 12.7. The van der Waals surface area contributed by atoms with Crippen molar-refractivity contribution in [3.8, 4) is 5.82 Å². The lowest BCUT2D eigenvalue weighted by molar-refractivity contribution is 0.221.